The van der Waals surface area contributed by atoms with Crippen LogP contribution in [0.25, 0.3) is 0 Å². The first kappa shape index (κ1) is 14.9. The maximum absolute atomic E-state index is 11.4. The summed E-state index contributed by atoms with van der Waals surface area (Å²) in [5.41, 5.74) is 1.88. The second-order valence-corrected chi connectivity index (χ2v) is 4.82. The fourth-order valence-corrected chi connectivity index (χ4v) is 2.05. The van der Waals surface area contributed by atoms with Gasteiger partial charge in [-0.2, -0.15) is 0 Å². The van der Waals surface area contributed by atoms with Gasteiger partial charge in [-0.25, -0.2) is 4.79 Å². The first-order valence-electron chi connectivity index (χ1n) is 6.67. The number of ether oxygens (including phenoxy) is 2. The van der Waals surface area contributed by atoms with E-state index in [1.54, 1.807) is 13.2 Å². The molecule has 0 heterocycles. The highest BCUT2D eigenvalue weighted by Gasteiger charge is 2.20. The summed E-state index contributed by atoms with van der Waals surface area (Å²) >= 11 is 0. The summed E-state index contributed by atoms with van der Waals surface area (Å²) < 4.78 is 10.7. The molecule has 0 spiro atoms. The van der Waals surface area contributed by atoms with Crippen molar-refractivity contribution < 1.29 is 19.4 Å². The predicted octanol–water partition coefficient (Wildman–Crippen LogP) is 3.08. The molecule has 21 heavy (non-hydrogen) atoms. The highest BCUT2D eigenvalue weighted by Crippen LogP contribution is 2.18. The molecule has 110 valence electrons. The summed E-state index contributed by atoms with van der Waals surface area (Å²) in [5, 5.41) is 9.34. The third-order valence-corrected chi connectivity index (χ3v) is 3.10. The van der Waals surface area contributed by atoms with Crippen molar-refractivity contribution in [1.29, 1.82) is 0 Å². The van der Waals surface area contributed by atoms with E-state index in [0.29, 0.717) is 11.5 Å². The van der Waals surface area contributed by atoms with Gasteiger partial charge in [0.25, 0.3) is 0 Å². The summed E-state index contributed by atoms with van der Waals surface area (Å²) in [6.07, 6.45) is -0.653. The molecule has 0 aliphatic carbocycles. The number of carbonyl (C=O) groups is 1. The van der Waals surface area contributed by atoms with E-state index >= 15 is 0 Å². The molecule has 0 unspecified atom stereocenters. The van der Waals surface area contributed by atoms with Gasteiger partial charge in [0.1, 0.15) is 11.5 Å². The summed E-state index contributed by atoms with van der Waals surface area (Å²) in [6, 6.07) is 14.7. The third-order valence-electron chi connectivity index (χ3n) is 3.10. The molecule has 2 aromatic carbocycles. The average molecular weight is 286 g/mol. The number of hydrogen-bond acceptors (Lipinski definition) is 3. The lowest BCUT2D eigenvalue weighted by molar-refractivity contribution is -0.145. The van der Waals surface area contributed by atoms with Crippen LogP contribution in [0, 0.1) is 6.92 Å². The van der Waals surface area contributed by atoms with Gasteiger partial charge in [-0.3, -0.25) is 0 Å². The Morgan fingerprint density at radius 1 is 1.14 bits per heavy atom. The SMILES string of the molecule is COc1cccc(C[C@H](Oc2cccc(C)c2)C(=O)O)c1. The van der Waals surface area contributed by atoms with Gasteiger partial charge in [-0.15, -0.1) is 0 Å². The molecule has 0 saturated carbocycles. The molecule has 0 bridgehead atoms. The number of methoxy groups -OCH3 is 1. The van der Waals surface area contributed by atoms with Crippen LogP contribution in [0.1, 0.15) is 11.1 Å². The molecule has 0 amide bonds. The standard InChI is InChI=1S/C17H18O4/c1-12-5-3-8-15(9-12)21-16(17(18)19)11-13-6-4-7-14(10-13)20-2/h3-10,16H,11H2,1-2H3,(H,18,19)/t16-/m0/s1. The van der Waals surface area contributed by atoms with Crippen molar-refractivity contribution in [1.82, 2.24) is 0 Å². The molecule has 1 N–H and O–H groups in total. The van der Waals surface area contributed by atoms with Crippen molar-refractivity contribution in [2.24, 2.45) is 0 Å². The smallest absolute Gasteiger partial charge is 0.345 e. The predicted molar refractivity (Wildman–Crippen MR) is 79.9 cm³/mol. The Kier molecular flexibility index (Phi) is 4.82. The van der Waals surface area contributed by atoms with Crippen LogP contribution in [0.3, 0.4) is 0 Å². The molecular weight excluding hydrogens is 268 g/mol. The van der Waals surface area contributed by atoms with Crippen molar-refractivity contribution in [2.75, 3.05) is 7.11 Å². The molecule has 0 saturated heterocycles. The highest BCUT2D eigenvalue weighted by atomic mass is 16.5. The maximum Gasteiger partial charge on any atom is 0.345 e. The minimum Gasteiger partial charge on any atom is -0.497 e. The maximum atomic E-state index is 11.4. The van der Waals surface area contributed by atoms with E-state index in [-0.39, 0.29) is 6.42 Å². The van der Waals surface area contributed by atoms with Crippen LogP contribution in [-0.2, 0) is 11.2 Å². The van der Waals surface area contributed by atoms with Crippen LogP contribution in [0.2, 0.25) is 0 Å². The molecule has 2 aromatic rings. The van der Waals surface area contributed by atoms with Gasteiger partial charge in [0.05, 0.1) is 7.11 Å². The molecule has 0 aliphatic rings. The van der Waals surface area contributed by atoms with E-state index in [2.05, 4.69) is 0 Å². The van der Waals surface area contributed by atoms with E-state index in [1.165, 1.54) is 0 Å². The highest BCUT2D eigenvalue weighted by molar-refractivity contribution is 5.73. The van der Waals surface area contributed by atoms with Crippen LogP contribution in [0.5, 0.6) is 11.5 Å². The van der Waals surface area contributed by atoms with Crippen molar-refractivity contribution in [3.8, 4) is 11.5 Å². The number of aryl methyl sites for hydroxylation is 1. The van der Waals surface area contributed by atoms with E-state index in [1.807, 2.05) is 49.4 Å². The van der Waals surface area contributed by atoms with Crippen molar-refractivity contribution in [3.63, 3.8) is 0 Å². The van der Waals surface area contributed by atoms with Crippen LogP contribution in [-0.4, -0.2) is 24.3 Å². The molecular formula is C17H18O4. The molecule has 0 radical (unpaired) electrons. The summed E-state index contributed by atoms with van der Waals surface area (Å²) in [7, 11) is 1.58. The lowest BCUT2D eigenvalue weighted by atomic mass is 10.1. The van der Waals surface area contributed by atoms with Crippen LogP contribution in [0.4, 0.5) is 0 Å². The van der Waals surface area contributed by atoms with Gasteiger partial charge in [-0.05, 0) is 42.3 Å². The van der Waals surface area contributed by atoms with Crippen molar-refractivity contribution in [3.05, 3.63) is 59.7 Å². The lowest BCUT2D eigenvalue weighted by Crippen LogP contribution is -2.29. The molecule has 2 rings (SSSR count). The monoisotopic (exact) mass is 286 g/mol. The van der Waals surface area contributed by atoms with Gasteiger partial charge in [0, 0.05) is 6.42 Å². The molecule has 0 aliphatic heterocycles. The van der Waals surface area contributed by atoms with Gasteiger partial charge in [0.15, 0.2) is 6.10 Å². The minimum absolute atomic E-state index is 0.278. The number of carboxylic acid groups (broad SMARTS) is 1. The van der Waals surface area contributed by atoms with Crippen LogP contribution in [0.15, 0.2) is 48.5 Å². The Hall–Kier alpha value is -2.49. The topological polar surface area (TPSA) is 55.8 Å². The van der Waals surface area contributed by atoms with E-state index in [9.17, 15) is 9.90 Å². The Morgan fingerprint density at radius 3 is 2.52 bits per heavy atom. The summed E-state index contributed by atoms with van der Waals surface area (Å²) in [4.78, 5) is 11.4. The van der Waals surface area contributed by atoms with Crippen molar-refractivity contribution >= 4 is 5.97 Å². The molecule has 0 aromatic heterocycles. The zero-order chi connectivity index (χ0) is 15.2. The first-order chi connectivity index (χ1) is 10.1. The molecule has 4 heteroatoms. The van der Waals surface area contributed by atoms with Crippen LogP contribution >= 0.6 is 0 Å². The van der Waals surface area contributed by atoms with Gasteiger partial charge in [0.2, 0.25) is 0 Å². The van der Waals surface area contributed by atoms with E-state index < -0.39 is 12.1 Å². The third kappa shape index (κ3) is 4.24. The Labute approximate surface area is 123 Å². The van der Waals surface area contributed by atoms with Crippen LogP contribution < -0.4 is 9.47 Å². The van der Waals surface area contributed by atoms with Gasteiger partial charge < -0.3 is 14.6 Å². The van der Waals surface area contributed by atoms with E-state index in [4.69, 9.17) is 9.47 Å². The summed E-state index contributed by atoms with van der Waals surface area (Å²) in [6.45, 7) is 1.94. The zero-order valence-corrected chi connectivity index (χ0v) is 12.1. The Morgan fingerprint density at radius 2 is 1.86 bits per heavy atom. The van der Waals surface area contributed by atoms with E-state index in [0.717, 1.165) is 11.1 Å². The fourth-order valence-electron chi connectivity index (χ4n) is 2.05. The van der Waals surface area contributed by atoms with Crippen molar-refractivity contribution in [2.45, 2.75) is 19.4 Å². The normalized spacial score (nSPS) is 11.7. The Balaban J connectivity index is 2.13. The summed E-state index contributed by atoms with van der Waals surface area (Å²) in [5.74, 6) is 0.275. The van der Waals surface area contributed by atoms with Gasteiger partial charge >= 0.3 is 5.97 Å². The largest absolute Gasteiger partial charge is 0.497 e. The molecule has 4 nitrogen and oxygen atoms in total. The number of benzene rings is 2. The number of hydrogen-bond donors (Lipinski definition) is 1. The average Bonchev–Trinajstić information content (AvgIpc) is 2.47. The Bertz CT molecular complexity index is 622. The second kappa shape index (κ2) is 6.79. The van der Waals surface area contributed by atoms with Gasteiger partial charge in [-0.1, -0.05) is 24.3 Å². The number of carboxylic acids is 1. The lowest BCUT2D eigenvalue weighted by Gasteiger charge is -2.16. The zero-order valence-electron chi connectivity index (χ0n) is 12.1. The second-order valence-electron chi connectivity index (χ2n) is 4.82. The molecule has 0 fully saturated rings. The minimum atomic E-state index is -0.987. The number of aliphatic carboxylic acids is 1. The first-order valence-corrected chi connectivity index (χ1v) is 6.67. The fraction of sp³-hybridized carbons (Fsp3) is 0.235. The molecule has 1 atom stereocenters. The number of rotatable bonds is 6. The quantitative estimate of drug-likeness (QED) is 0.886.